The minimum Gasteiger partial charge on any atom is -0.484 e. The molecule has 6 nitrogen and oxygen atoms in total. The summed E-state index contributed by atoms with van der Waals surface area (Å²) in [7, 11) is 0. The quantitative estimate of drug-likeness (QED) is 0.707. The number of carbonyl (C=O) groups excluding carboxylic acids is 3. The fourth-order valence-corrected chi connectivity index (χ4v) is 3.59. The summed E-state index contributed by atoms with van der Waals surface area (Å²) in [5, 5.41) is 2.34. The molecule has 0 spiro atoms. The van der Waals surface area contributed by atoms with Gasteiger partial charge in [0.25, 0.3) is 17.1 Å². The van der Waals surface area contributed by atoms with Crippen LogP contribution in [0.15, 0.2) is 53.4 Å². The van der Waals surface area contributed by atoms with Crippen molar-refractivity contribution >= 4 is 34.9 Å². The second-order valence-corrected chi connectivity index (χ2v) is 7.64. The Labute approximate surface area is 173 Å². The maximum Gasteiger partial charge on any atom is 0.293 e. The molecular formula is C22H22N2O4S. The topological polar surface area (TPSA) is 75.7 Å². The van der Waals surface area contributed by atoms with E-state index in [2.05, 4.69) is 5.32 Å². The fraction of sp³-hybridized carbons (Fsp3) is 0.227. The molecular weight excluding hydrogens is 388 g/mol. The molecule has 0 saturated carbocycles. The predicted octanol–water partition coefficient (Wildman–Crippen LogP) is 3.53. The third kappa shape index (κ3) is 5.48. The normalized spacial score (nSPS) is 15.1. The zero-order valence-corrected chi connectivity index (χ0v) is 17.1. The van der Waals surface area contributed by atoms with Crippen LogP contribution in [0.1, 0.15) is 16.7 Å². The van der Waals surface area contributed by atoms with Gasteiger partial charge in [0, 0.05) is 13.1 Å². The van der Waals surface area contributed by atoms with Crippen LogP contribution in [0.5, 0.6) is 5.75 Å². The van der Waals surface area contributed by atoms with Gasteiger partial charge in [-0.25, -0.2) is 0 Å². The third-order valence-electron chi connectivity index (χ3n) is 4.36. The highest BCUT2D eigenvalue weighted by Gasteiger charge is 2.34. The Bertz CT molecular complexity index is 954. The average molecular weight is 410 g/mol. The van der Waals surface area contributed by atoms with E-state index in [1.807, 2.05) is 56.3 Å². The van der Waals surface area contributed by atoms with Crippen molar-refractivity contribution in [3.05, 3.63) is 70.1 Å². The van der Waals surface area contributed by atoms with Gasteiger partial charge in [-0.15, -0.1) is 0 Å². The van der Waals surface area contributed by atoms with Crippen LogP contribution >= 0.6 is 11.8 Å². The second-order valence-electron chi connectivity index (χ2n) is 6.65. The Morgan fingerprint density at radius 1 is 1.10 bits per heavy atom. The van der Waals surface area contributed by atoms with Crippen molar-refractivity contribution < 1.29 is 19.1 Å². The zero-order chi connectivity index (χ0) is 20.8. The van der Waals surface area contributed by atoms with Crippen LogP contribution in [0.2, 0.25) is 0 Å². The largest absolute Gasteiger partial charge is 0.484 e. The molecule has 1 aliphatic heterocycles. The molecule has 2 aromatic carbocycles. The van der Waals surface area contributed by atoms with Crippen LogP contribution in [0.25, 0.3) is 6.08 Å². The number of ether oxygens (including phenoxy) is 1. The predicted molar refractivity (Wildman–Crippen MR) is 114 cm³/mol. The standard InChI is InChI=1S/C22H22N2O4S/c1-15-7-9-17(10-8-15)13-19-21(26)24(22(27)29-19)12-11-23-20(25)14-28-18-6-4-3-5-16(18)2/h3-10,13H,11-12,14H2,1-2H3,(H,23,25). The summed E-state index contributed by atoms with van der Waals surface area (Å²) in [6.07, 6.45) is 1.71. The third-order valence-corrected chi connectivity index (χ3v) is 5.27. The summed E-state index contributed by atoms with van der Waals surface area (Å²) >= 11 is 0.910. The first kappa shape index (κ1) is 20.7. The number of nitrogens with one attached hydrogen (secondary N) is 1. The highest BCUT2D eigenvalue weighted by atomic mass is 32.2. The SMILES string of the molecule is Cc1ccc(C=C2SC(=O)N(CCNC(=O)COc3ccccc3C)C2=O)cc1. The van der Waals surface area contributed by atoms with Gasteiger partial charge < -0.3 is 10.1 Å². The van der Waals surface area contributed by atoms with Gasteiger partial charge in [0.2, 0.25) is 0 Å². The molecule has 1 fully saturated rings. The van der Waals surface area contributed by atoms with E-state index in [0.717, 1.165) is 33.4 Å². The van der Waals surface area contributed by atoms with E-state index >= 15 is 0 Å². The lowest BCUT2D eigenvalue weighted by molar-refractivity contribution is -0.125. The Balaban J connectivity index is 1.48. The Morgan fingerprint density at radius 2 is 1.83 bits per heavy atom. The Morgan fingerprint density at radius 3 is 2.55 bits per heavy atom. The molecule has 0 atom stereocenters. The van der Waals surface area contributed by atoms with Crippen LogP contribution in [0.3, 0.4) is 0 Å². The van der Waals surface area contributed by atoms with Gasteiger partial charge in [-0.2, -0.15) is 0 Å². The van der Waals surface area contributed by atoms with Gasteiger partial charge in [0.15, 0.2) is 6.61 Å². The van der Waals surface area contributed by atoms with Gasteiger partial charge >= 0.3 is 0 Å². The molecule has 1 heterocycles. The highest BCUT2D eigenvalue weighted by molar-refractivity contribution is 8.18. The number of nitrogens with zero attached hydrogens (tertiary/aromatic N) is 1. The molecule has 0 aliphatic carbocycles. The molecule has 29 heavy (non-hydrogen) atoms. The van der Waals surface area contributed by atoms with E-state index in [0.29, 0.717) is 10.7 Å². The van der Waals surface area contributed by atoms with E-state index in [1.165, 1.54) is 0 Å². The first-order valence-electron chi connectivity index (χ1n) is 9.21. The maximum absolute atomic E-state index is 12.5. The van der Waals surface area contributed by atoms with Gasteiger partial charge in [-0.05, 0) is 48.9 Å². The monoisotopic (exact) mass is 410 g/mol. The van der Waals surface area contributed by atoms with Gasteiger partial charge in [0.05, 0.1) is 4.91 Å². The summed E-state index contributed by atoms with van der Waals surface area (Å²) < 4.78 is 5.48. The van der Waals surface area contributed by atoms with Crippen LogP contribution in [0, 0.1) is 13.8 Å². The second kappa shape index (κ2) is 9.43. The van der Waals surface area contributed by atoms with Gasteiger partial charge in [-0.3, -0.25) is 19.3 Å². The van der Waals surface area contributed by atoms with E-state index in [-0.39, 0.29) is 36.7 Å². The van der Waals surface area contributed by atoms with Crippen molar-refractivity contribution in [2.45, 2.75) is 13.8 Å². The number of rotatable bonds is 7. The van der Waals surface area contributed by atoms with Crippen molar-refractivity contribution in [2.75, 3.05) is 19.7 Å². The maximum atomic E-state index is 12.5. The summed E-state index contributed by atoms with van der Waals surface area (Å²) in [5.41, 5.74) is 2.93. The number of hydrogen-bond acceptors (Lipinski definition) is 5. The molecule has 0 unspecified atom stereocenters. The molecule has 0 aromatic heterocycles. The van der Waals surface area contributed by atoms with Crippen molar-refractivity contribution in [2.24, 2.45) is 0 Å². The number of imide groups is 1. The zero-order valence-electron chi connectivity index (χ0n) is 16.3. The smallest absolute Gasteiger partial charge is 0.293 e. The van der Waals surface area contributed by atoms with Crippen molar-refractivity contribution in [3.63, 3.8) is 0 Å². The van der Waals surface area contributed by atoms with Crippen molar-refractivity contribution in [1.82, 2.24) is 10.2 Å². The summed E-state index contributed by atoms with van der Waals surface area (Å²) in [6, 6.07) is 15.1. The van der Waals surface area contributed by atoms with Crippen LogP contribution in [-0.2, 0) is 9.59 Å². The van der Waals surface area contributed by atoms with Crippen LogP contribution < -0.4 is 10.1 Å². The van der Waals surface area contributed by atoms with Gasteiger partial charge in [0.1, 0.15) is 5.75 Å². The highest BCUT2D eigenvalue weighted by Crippen LogP contribution is 2.31. The van der Waals surface area contributed by atoms with Crippen molar-refractivity contribution in [3.8, 4) is 5.75 Å². The number of aryl methyl sites for hydroxylation is 2. The van der Waals surface area contributed by atoms with E-state index < -0.39 is 0 Å². The lowest BCUT2D eigenvalue weighted by Crippen LogP contribution is -2.38. The summed E-state index contributed by atoms with van der Waals surface area (Å²) in [4.78, 5) is 38.1. The van der Waals surface area contributed by atoms with E-state index in [4.69, 9.17) is 4.74 Å². The number of amides is 3. The Hall–Kier alpha value is -3.06. The van der Waals surface area contributed by atoms with Crippen LogP contribution in [-0.4, -0.2) is 41.6 Å². The number of hydrogen-bond donors (Lipinski definition) is 1. The minimum absolute atomic E-state index is 0.117. The summed E-state index contributed by atoms with van der Waals surface area (Å²) in [5.74, 6) is -0.00348. The molecule has 1 saturated heterocycles. The summed E-state index contributed by atoms with van der Waals surface area (Å²) in [6.45, 7) is 4.05. The lowest BCUT2D eigenvalue weighted by Gasteiger charge is -2.13. The minimum atomic E-state index is -0.342. The molecule has 3 rings (SSSR count). The van der Waals surface area contributed by atoms with E-state index in [9.17, 15) is 14.4 Å². The van der Waals surface area contributed by atoms with Gasteiger partial charge in [-0.1, -0.05) is 48.0 Å². The molecule has 150 valence electrons. The Kier molecular flexibility index (Phi) is 6.72. The molecule has 2 aromatic rings. The molecule has 0 radical (unpaired) electrons. The number of carbonyl (C=O) groups is 3. The molecule has 1 aliphatic rings. The van der Waals surface area contributed by atoms with E-state index in [1.54, 1.807) is 12.1 Å². The molecule has 3 amide bonds. The van der Waals surface area contributed by atoms with Crippen LogP contribution in [0.4, 0.5) is 4.79 Å². The molecule has 0 bridgehead atoms. The first-order chi connectivity index (χ1) is 13.9. The fourth-order valence-electron chi connectivity index (χ4n) is 2.73. The lowest BCUT2D eigenvalue weighted by atomic mass is 10.1. The molecule has 7 heteroatoms. The number of para-hydroxylation sites is 1. The van der Waals surface area contributed by atoms with Crippen molar-refractivity contribution in [1.29, 1.82) is 0 Å². The number of thioether (sulfide) groups is 1. The first-order valence-corrected chi connectivity index (χ1v) is 10.0. The average Bonchev–Trinajstić information content (AvgIpc) is 2.96. The number of benzene rings is 2. The molecule has 1 N–H and O–H groups in total.